The molecule has 0 aliphatic carbocycles. The van der Waals surface area contributed by atoms with Gasteiger partial charge < -0.3 is 20.5 Å². The summed E-state index contributed by atoms with van der Waals surface area (Å²) in [5.41, 5.74) is 11.9. The number of fused-ring (bicyclic) bond motifs is 1. The van der Waals surface area contributed by atoms with E-state index >= 15 is 0 Å². The molecule has 6 nitrogen and oxygen atoms in total. The average molecular weight is 282 g/mol. The van der Waals surface area contributed by atoms with Crippen LogP contribution >= 0.6 is 9.03 Å². The Balaban J connectivity index is 2.53. The lowest BCUT2D eigenvalue weighted by Crippen LogP contribution is -2.21. The molecule has 3 unspecified atom stereocenters. The van der Waals surface area contributed by atoms with Gasteiger partial charge in [0.15, 0.2) is 11.5 Å². The van der Waals surface area contributed by atoms with Crippen LogP contribution in [0.2, 0.25) is 0 Å². The second-order valence-corrected chi connectivity index (χ2v) is 5.05. The molecule has 2 rings (SSSR count). The maximum absolute atomic E-state index is 11.4. The summed E-state index contributed by atoms with van der Waals surface area (Å²) in [6.07, 6.45) is 0. The van der Waals surface area contributed by atoms with Crippen LogP contribution in [0.5, 0.6) is 11.5 Å². The fourth-order valence-corrected chi connectivity index (χ4v) is 2.41. The second-order valence-electron chi connectivity index (χ2n) is 4.47. The summed E-state index contributed by atoms with van der Waals surface area (Å²) in [5, 5.41) is 0. The van der Waals surface area contributed by atoms with E-state index in [9.17, 15) is 9.59 Å². The summed E-state index contributed by atoms with van der Waals surface area (Å²) in [7, 11) is -0.155. The fraction of sp³-hybridized carbons (Fsp3) is 0.333. The third-order valence-corrected chi connectivity index (χ3v) is 3.81. The second kappa shape index (κ2) is 5.05. The van der Waals surface area contributed by atoms with Crippen molar-refractivity contribution in [2.45, 2.75) is 25.7 Å². The lowest BCUT2D eigenvalue weighted by Gasteiger charge is -2.15. The molecule has 1 aromatic carbocycles. The molecule has 0 bridgehead atoms. The van der Waals surface area contributed by atoms with Gasteiger partial charge >= 0.3 is 0 Å². The molecule has 2 amide bonds. The van der Waals surface area contributed by atoms with Gasteiger partial charge in [-0.05, 0) is 25.5 Å². The molecule has 0 radical (unpaired) electrons. The van der Waals surface area contributed by atoms with E-state index in [1.807, 2.05) is 0 Å². The van der Waals surface area contributed by atoms with Gasteiger partial charge in [-0.3, -0.25) is 9.59 Å². The molecule has 1 aliphatic heterocycles. The minimum Gasteiger partial charge on any atom is -0.437 e. The van der Waals surface area contributed by atoms with Gasteiger partial charge in [0.2, 0.25) is 11.8 Å². The average Bonchev–Trinajstić information content (AvgIpc) is 2.83. The Morgan fingerprint density at radius 3 is 2.32 bits per heavy atom. The summed E-state index contributed by atoms with van der Waals surface area (Å²) >= 11 is 0. The third-order valence-electron chi connectivity index (χ3n) is 3.22. The Morgan fingerprint density at radius 2 is 1.74 bits per heavy atom. The summed E-state index contributed by atoms with van der Waals surface area (Å²) < 4.78 is 10.7. The highest BCUT2D eigenvalue weighted by Crippen LogP contribution is 2.48. The zero-order chi connectivity index (χ0) is 14.2. The molecule has 1 heterocycles. The quantitative estimate of drug-likeness (QED) is 0.808. The zero-order valence-corrected chi connectivity index (χ0v) is 11.6. The first kappa shape index (κ1) is 13.6. The van der Waals surface area contributed by atoms with Gasteiger partial charge in [-0.15, -0.1) is 0 Å². The van der Waals surface area contributed by atoms with Crippen molar-refractivity contribution >= 4 is 20.8 Å². The van der Waals surface area contributed by atoms with Gasteiger partial charge in [-0.1, -0.05) is 6.07 Å². The summed E-state index contributed by atoms with van der Waals surface area (Å²) in [6.45, 7) is 3.38. The number of primary amides is 2. The standard InChI is InChI=1S/C12H15N2O4P/c1-5(11(13)15)7-3-8(6(2)12(14)16)10-9(4-7)17-19-18-10/h3-6,19H,1-2H3,(H2,13,15)(H2,14,16). The van der Waals surface area contributed by atoms with Crippen LogP contribution in [0, 0.1) is 0 Å². The van der Waals surface area contributed by atoms with Crippen molar-refractivity contribution in [1.29, 1.82) is 0 Å². The molecule has 1 aromatic rings. The molecule has 19 heavy (non-hydrogen) atoms. The number of rotatable bonds is 4. The van der Waals surface area contributed by atoms with Crippen molar-refractivity contribution in [1.82, 2.24) is 0 Å². The van der Waals surface area contributed by atoms with Crippen molar-refractivity contribution < 1.29 is 18.6 Å². The molecule has 4 N–H and O–H groups in total. The zero-order valence-electron chi connectivity index (χ0n) is 10.6. The van der Waals surface area contributed by atoms with Gasteiger partial charge in [-0.2, -0.15) is 0 Å². The third kappa shape index (κ3) is 2.49. The number of carbonyl (C=O) groups is 2. The molecular weight excluding hydrogens is 267 g/mol. The van der Waals surface area contributed by atoms with E-state index in [0.29, 0.717) is 22.6 Å². The van der Waals surface area contributed by atoms with Crippen LogP contribution in [0.4, 0.5) is 0 Å². The predicted molar refractivity (Wildman–Crippen MR) is 71.2 cm³/mol. The highest BCUT2D eigenvalue weighted by atomic mass is 31.1. The Hall–Kier alpha value is -1.81. The van der Waals surface area contributed by atoms with E-state index in [1.165, 1.54) is 0 Å². The lowest BCUT2D eigenvalue weighted by molar-refractivity contribution is -0.119. The lowest BCUT2D eigenvalue weighted by atomic mass is 9.92. The Morgan fingerprint density at radius 1 is 1.11 bits per heavy atom. The molecule has 0 saturated carbocycles. The van der Waals surface area contributed by atoms with E-state index < -0.39 is 23.7 Å². The molecule has 102 valence electrons. The van der Waals surface area contributed by atoms with E-state index in [1.54, 1.807) is 26.0 Å². The van der Waals surface area contributed by atoms with Gasteiger partial charge in [0.1, 0.15) is 0 Å². The van der Waals surface area contributed by atoms with Gasteiger partial charge in [0, 0.05) is 5.56 Å². The maximum Gasteiger partial charge on any atom is 0.275 e. The monoisotopic (exact) mass is 282 g/mol. The van der Waals surface area contributed by atoms with E-state index in [0.717, 1.165) is 0 Å². The molecular formula is C12H15N2O4P. The molecule has 0 spiro atoms. The maximum atomic E-state index is 11.4. The summed E-state index contributed by atoms with van der Waals surface area (Å²) in [6, 6.07) is 3.44. The van der Waals surface area contributed by atoms with Crippen LogP contribution in [0.3, 0.4) is 0 Å². The Bertz CT molecular complexity index is 547. The molecule has 0 fully saturated rings. The van der Waals surface area contributed by atoms with Gasteiger partial charge in [0.25, 0.3) is 9.03 Å². The SMILES string of the molecule is CC(C(N)=O)c1cc2c(c(C(C)C(N)=O)c1)OPO2. The van der Waals surface area contributed by atoms with Crippen LogP contribution in [-0.4, -0.2) is 11.8 Å². The van der Waals surface area contributed by atoms with Gasteiger partial charge in [0.05, 0.1) is 11.8 Å². The largest absolute Gasteiger partial charge is 0.437 e. The van der Waals surface area contributed by atoms with E-state index in [-0.39, 0.29) is 9.03 Å². The first-order valence-electron chi connectivity index (χ1n) is 5.77. The van der Waals surface area contributed by atoms with Crippen LogP contribution < -0.4 is 20.5 Å². The predicted octanol–water partition coefficient (Wildman–Crippen LogP) is 1.14. The van der Waals surface area contributed by atoms with E-state index in [2.05, 4.69) is 0 Å². The first-order chi connectivity index (χ1) is 8.91. The Kier molecular flexibility index (Phi) is 3.62. The number of nitrogens with two attached hydrogens (primary N) is 2. The van der Waals surface area contributed by atoms with E-state index in [4.69, 9.17) is 20.5 Å². The van der Waals surface area contributed by atoms with Crippen molar-refractivity contribution in [3.63, 3.8) is 0 Å². The smallest absolute Gasteiger partial charge is 0.275 e. The number of hydrogen-bond acceptors (Lipinski definition) is 4. The molecule has 3 atom stereocenters. The molecule has 1 aliphatic rings. The normalized spacial score (nSPS) is 17.2. The Labute approximate surface area is 112 Å². The van der Waals surface area contributed by atoms with Gasteiger partial charge in [-0.25, -0.2) is 0 Å². The summed E-state index contributed by atoms with van der Waals surface area (Å²) in [5.74, 6) is -0.877. The van der Waals surface area contributed by atoms with Crippen LogP contribution in [0.25, 0.3) is 0 Å². The van der Waals surface area contributed by atoms with Crippen LogP contribution in [-0.2, 0) is 9.59 Å². The highest BCUT2D eigenvalue weighted by Gasteiger charge is 2.27. The highest BCUT2D eigenvalue weighted by molar-refractivity contribution is 7.27. The topological polar surface area (TPSA) is 105 Å². The first-order valence-corrected chi connectivity index (χ1v) is 6.58. The number of carbonyl (C=O) groups excluding carboxylic acids is 2. The van der Waals surface area contributed by atoms with Crippen molar-refractivity contribution in [2.24, 2.45) is 11.5 Å². The molecule has 7 heteroatoms. The van der Waals surface area contributed by atoms with Crippen LogP contribution in [0.1, 0.15) is 36.8 Å². The number of benzene rings is 1. The fourth-order valence-electron chi connectivity index (χ4n) is 1.83. The van der Waals surface area contributed by atoms with Crippen LogP contribution in [0.15, 0.2) is 12.1 Å². The van der Waals surface area contributed by atoms with Crippen molar-refractivity contribution in [3.05, 3.63) is 23.3 Å². The summed E-state index contributed by atoms with van der Waals surface area (Å²) in [4.78, 5) is 22.6. The number of amides is 2. The minimum atomic E-state index is -0.528. The van der Waals surface area contributed by atoms with Crippen molar-refractivity contribution in [2.75, 3.05) is 0 Å². The molecule has 0 aromatic heterocycles. The number of hydrogen-bond donors (Lipinski definition) is 2. The minimum absolute atomic E-state index is 0.155. The van der Waals surface area contributed by atoms with Crippen molar-refractivity contribution in [3.8, 4) is 11.5 Å². The molecule has 0 saturated heterocycles.